The highest BCUT2D eigenvalue weighted by Crippen LogP contribution is 2.39. The molecule has 2 aromatic rings. The molecule has 0 spiro atoms. The van der Waals surface area contributed by atoms with Gasteiger partial charge in [0.15, 0.2) is 0 Å². The fourth-order valence-corrected chi connectivity index (χ4v) is 4.10. The van der Waals surface area contributed by atoms with E-state index in [0.717, 1.165) is 19.6 Å². The van der Waals surface area contributed by atoms with Crippen LogP contribution < -0.4 is 0 Å². The van der Waals surface area contributed by atoms with Crippen LogP contribution in [0.4, 0.5) is 0 Å². The number of carbonyl (C=O) groups is 2. The summed E-state index contributed by atoms with van der Waals surface area (Å²) in [6.07, 6.45) is 3.65. The maximum Gasteiger partial charge on any atom is 0.295 e. The summed E-state index contributed by atoms with van der Waals surface area (Å²) in [6, 6.07) is 2.61. The van der Waals surface area contributed by atoms with E-state index in [9.17, 15) is 14.7 Å². The maximum absolute atomic E-state index is 13.0. The van der Waals surface area contributed by atoms with Crippen LogP contribution in [0, 0.1) is 13.8 Å². The van der Waals surface area contributed by atoms with Crippen LogP contribution >= 0.6 is 0 Å². The van der Waals surface area contributed by atoms with Crippen molar-refractivity contribution in [2.45, 2.75) is 26.3 Å². The first kappa shape index (κ1) is 21.2. The summed E-state index contributed by atoms with van der Waals surface area (Å²) in [5.74, 6) is -0.674. The molecule has 2 aromatic heterocycles. The number of amides is 1. The van der Waals surface area contributed by atoms with E-state index in [-0.39, 0.29) is 11.3 Å². The van der Waals surface area contributed by atoms with Gasteiger partial charge in [-0.2, -0.15) is 0 Å². The van der Waals surface area contributed by atoms with Crippen molar-refractivity contribution in [2.24, 2.45) is 0 Å². The summed E-state index contributed by atoms with van der Waals surface area (Å²) in [5, 5.41) is 11.0. The van der Waals surface area contributed by atoms with Crippen LogP contribution in [0.15, 0.2) is 34.6 Å². The molecule has 0 bridgehead atoms. The van der Waals surface area contributed by atoms with Crippen LogP contribution in [0.25, 0.3) is 5.76 Å². The summed E-state index contributed by atoms with van der Waals surface area (Å²) < 4.78 is 10.9. The number of likely N-dealkylation sites (tertiary alicyclic amines) is 1. The number of furan rings is 1. The summed E-state index contributed by atoms with van der Waals surface area (Å²) >= 11 is 0. The summed E-state index contributed by atoms with van der Waals surface area (Å²) in [6.45, 7) is 7.75. The predicted octanol–water partition coefficient (Wildman–Crippen LogP) is 1.83. The normalized spacial score (nSPS) is 21.7. The zero-order chi connectivity index (χ0) is 22.0. The van der Waals surface area contributed by atoms with E-state index in [1.807, 2.05) is 0 Å². The Kier molecular flexibility index (Phi) is 6.15. The lowest BCUT2D eigenvalue weighted by atomic mass is 9.99. The molecule has 2 fully saturated rings. The molecule has 2 aliphatic rings. The number of aryl methyl sites for hydroxylation is 2. The second-order valence-corrected chi connectivity index (χ2v) is 7.73. The number of rotatable bonds is 6. The number of carbonyl (C=O) groups excluding carboxylic acids is 2. The van der Waals surface area contributed by atoms with E-state index >= 15 is 0 Å². The molecule has 1 amide bonds. The Hall–Kier alpha value is -3.04. The number of Topliss-reactive ketones (excluding diaryl/α,β-unsaturated/α-hetero) is 1. The zero-order valence-corrected chi connectivity index (χ0v) is 17.7. The number of aromatic nitrogens is 2. The van der Waals surface area contributed by atoms with Crippen LogP contribution in [0.1, 0.15) is 35.3 Å². The molecule has 0 aliphatic carbocycles. The van der Waals surface area contributed by atoms with Crippen LogP contribution in [0.3, 0.4) is 0 Å². The van der Waals surface area contributed by atoms with E-state index in [1.54, 1.807) is 26.0 Å². The minimum atomic E-state index is -0.791. The molecule has 4 heterocycles. The smallest absolute Gasteiger partial charge is 0.295 e. The highest BCUT2D eigenvalue weighted by molar-refractivity contribution is 6.46. The van der Waals surface area contributed by atoms with Crippen molar-refractivity contribution in [1.29, 1.82) is 0 Å². The van der Waals surface area contributed by atoms with Crippen molar-refractivity contribution in [3.63, 3.8) is 0 Å². The van der Waals surface area contributed by atoms with Crippen LogP contribution in [-0.4, -0.2) is 76.0 Å². The standard InChI is InChI=1S/C22H26N4O5/c1-14-16(13-23-15(2)24-14)20(27)18-19(17-5-3-10-31-17)26(22(29)21(18)28)7-4-6-25-8-11-30-12-9-25/h3,5,10,13,19,27H,4,6-9,11-12H2,1-2H3/b20-18+. The second kappa shape index (κ2) is 8.99. The molecule has 9 nitrogen and oxygen atoms in total. The van der Waals surface area contributed by atoms with Gasteiger partial charge in [-0.05, 0) is 32.4 Å². The third-order valence-electron chi connectivity index (χ3n) is 5.68. The number of hydrogen-bond acceptors (Lipinski definition) is 8. The highest BCUT2D eigenvalue weighted by Gasteiger charge is 2.47. The van der Waals surface area contributed by atoms with Gasteiger partial charge in [0, 0.05) is 32.4 Å². The minimum absolute atomic E-state index is 0.00174. The van der Waals surface area contributed by atoms with Crippen molar-refractivity contribution in [3.8, 4) is 0 Å². The lowest BCUT2D eigenvalue weighted by Crippen LogP contribution is -2.38. The third-order valence-corrected chi connectivity index (χ3v) is 5.68. The summed E-state index contributed by atoms with van der Waals surface area (Å²) in [7, 11) is 0. The van der Waals surface area contributed by atoms with Crippen molar-refractivity contribution in [3.05, 3.63) is 53.0 Å². The Labute approximate surface area is 180 Å². The second-order valence-electron chi connectivity index (χ2n) is 7.73. The first-order valence-corrected chi connectivity index (χ1v) is 10.4. The number of morpholine rings is 1. The largest absolute Gasteiger partial charge is 0.507 e. The molecule has 0 radical (unpaired) electrons. The molecular weight excluding hydrogens is 400 g/mol. The number of aliphatic hydroxyl groups excluding tert-OH is 1. The van der Waals surface area contributed by atoms with E-state index in [0.29, 0.717) is 49.0 Å². The molecular formula is C22H26N4O5. The molecule has 1 N–H and O–H groups in total. The molecule has 0 saturated carbocycles. The van der Waals surface area contributed by atoms with Crippen LogP contribution in [-0.2, 0) is 14.3 Å². The number of ether oxygens (including phenoxy) is 1. The highest BCUT2D eigenvalue weighted by atomic mass is 16.5. The van der Waals surface area contributed by atoms with Gasteiger partial charge in [0.05, 0.1) is 36.3 Å². The lowest BCUT2D eigenvalue weighted by Gasteiger charge is -2.28. The van der Waals surface area contributed by atoms with Crippen molar-refractivity contribution in [2.75, 3.05) is 39.4 Å². The van der Waals surface area contributed by atoms with Crippen LogP contribution in [0.5, 0.6) is 0 Å². The van der Waals surface area contributed by atoms with Gasteiger partial charge in [0.2, 0.25) is 0 Å². The molecule has 1 unspecified atom stereocenters. The quantitative estimate of drug-likeness (QED) is 0.423. The fraction of sp³-hybridized carbons (Fsp3) is 0.455. The molecule has 9 heteroatoms. The third kappa shape index (κ3) is 4.24. The molecule has 31 heavy (non-hydrogen) atoms. The van der Waals surface area contributed by atoms with Crippen LogP contribution in [0.2, 0.25) is 0 Å². The monoisotopic (exact) mass is 426 g/mol. The fourth-order valence-electron chi connectivity index (χ4n) is 4.10. The topological polar surface area (TPSA) is 109 Å². The SMILES string of the molecule is Cc1ncc(/C(O)=C2\C(=O)C(=O)N(CCCN3CCOCC3)C2c2ccco2)c(C)n1. The summed E-state index contributed by atoms with van der Waals surface area (Å²) in [4.78, 5) is 38.0. The number of aliphatic hydroxyl groups is 1. The van der Waals surface area contributed by atoms with Gasteiger partial charge < -0.3 is 19.2 Å². The van der Waals surface area contributed by atoms with Gasteiger partial charge in [-0.3, -0.25) is 14.5 Å². The van der Waals surface area contributed by atoms with Gasteiger partial charge in [0.25, 0.3) is 11.7 Å². The Morgan fingerprint density at radius 3 is 2.68 bits per heavy atom. The molecule has 0 aromatic carbocycles. The van der Waals surface area contributed by atoms with Gasteiger partial charge in [0.1, 0.15) is 23.4 Å². The lowest BCUT2D eigenvalue weighted by molar-refractivity contribution is -0.140. The Morgan fingerprint density at radius 2 is 2.00 bits per heavy atom. The Morgan fingerprint density at radius 1 is 1.23 bits per heavy atom. The Bertz CT molecular complexity index is 995. The molecule has 2 saturated heterocycles. The van der Waals surface area contributed by atoms with Gasteiger partial charge in [-0.25, -0.2) is 9.97 Å². The molecule has 4 rings (SSSR count). The molecule has 2 aliphatic heterocycles. The van der Waals surface area contributed by atoms with Crippen molar-refractivity contribution >= 4 is 17.4 Å². The number of nitrogens with zero attached hydrogens (tertiary/aromatic N) is 4. The van der Waals surface area contributed by atoms with E-state index < -0.39 is 17.7 Å². The predicted molar refractivity (Wildman–Crippen MR) is 111 cm³/mol. The Balaban J connectivity index is 1.64. The first-order valence-electron chi connectivity index (χ1n) is 10.4. The van der Waals surface area contributed by atoms with Gasteiger partial charge >= 0.3 is 0 Å². The average molecular weight is 426 g/mol. The van der Waals surface area contributed by atoms with Gasteiger partial charge in [-0.1, -0.05) is 0 Å². The minimum Gasteiger partial charge on any atom is -0.507 e. The zero-order valence-electron chi connectivity index (χ0n) is 17.7. The van der Waals surface area contributed by atoms with Crippen molar-refractivity contribution < 1.29 is 23.8 Å². The number of ketones is 1. The van der Waals surface area contributed by atoms with Crippen molar-refractivity contribution in [1.82, 2.24) is 19.8 Å². The van der Waals surface area contributed by atoms with E-state index in [1.165, 1.54) is 17.4 Å². The average Bonchev–Trinajstić information content (AvgIpc) is 3.37. The van der Waals surface area contributed by atoms with E-state index in [2.05, 4.69) is 14.9 Å². The first-order chi connectivity index (χ1) is 15.0. The molecule has 1 atom stereocenters. The van der Waals surface area contributed by atoms with E-state index in [4.69, 9.17) is 9.15 Å². The summed E-state index contributed by atoms with van der Waals surface area (Å²) in [5.41, 5.74) is 0.858. The molecule has 164 valence electrons. The number of hydrogen-bond donors (Lipinski definition) is 1. The maximum atomic E-state index is 13.0. The van der Waals surface area contributed by atoms with Gasteiger partial charge in [-0.15, -0.1) is 0 Å².